The average Bonchev–Trinajstić information content (AvgIpc) is 2.56. The van der Waals surface area contributed by atoms with Crippen molar-refractivity contribution in [1.82, 2.24) is 0 Å². The van der Waals surface area contributed by atoms with Crippen molar-refractivity contribution in [3.05, 3.63) is 59.2 Å². The third-order valence-electron chi connectivity index (χ3n) is 3.50. The van der Waals surface area contributed by atoms with Gasteiger partial charge in [-0.1, -0.05) is 17.7 Å². The van der Waals surface area contributed by atoms with Gasteiger partial charge in [0.25, 0.3) is 5.91 Å². The summed E-state index contributed by atoms with van der Waals surface area (Å²) in [6, 6.07) is 13.2. The zero-order chi connectivity index (χ0) is 17.5. The quantitative estimate of drug-likeness (QED) is 0.810. The van der Waals surface area contributed by atoms with Gasteiger partial charge in [-0.3, -0.25) is 4.79 Å². The molecule has 0 bridgehead atoms. The largest absolute Gasteiger partial charge is 0.494 e. The Balaban J connectivity index is 2.17. The van der Waals surface area contributed by atoms with E-state index in [1.165, 1.54) is 0 Å². The number of ether oxygens (including phenoxy) is 2. The van der Waals surface area contributed by atoms with Crippen molar-refractivity contribution in [3.63, 3.8) is 0 Å². The number of carbonyl (C=O) groups excluding carboxylic acids is 1. The van der Waals surface area contributed by atoms with E-state index in [0.29, 0.717) is 18.8 Å². The van der Waals surface area contributed by atoms with Gasteiger partial charge in [-0.25, -0.2) is 0 Å². The summed E-state index contributed by atoms with van der Waals surface area (Å²) in [6.07, 6.45) is 0.115. The van der Waals surface area contributed by atoms with E-state index in [9.17, 15) is 4.79 Å². The highest BCUT2D eigenvalue weighted by Crippen LogP contribution is 2.22. The molecule has 0 aliphatic rings. The van der Waals surface area contributed by atoms with Crippen molar-refractivity contribution >= 4 is 11.6 Å². The van der Waals surface area contributed by atoms with Crippen molar-refractivity contribution in [2.75, 3.05) is 11.9 Å². The summed E-state index contributed by atoms with van der Waals surface area (Å²) in [5.41, 5.74) is 3.39. The van der Waals surface area contributed by atoms with Crippen molar-refractivity contribution in [1.29, 1.82) is 0 Å². The number of anilines is 1. The molecular formula is C20H25NO3. The number of amides is 1. The van der Waals surface area contributed by atoms with Crippen LogP contribution < -0.4 is 10.1 Å². The fourth-order valence-corrected chi connectivity index (χ4v) is 2.23. The van der Waals surface area contributed by atoms with Crippen LogP contribution in [0.4, 0.5) is 5.69 Å². The Morgan fingerprint density at radius 3 is 2.46 bits per heavy atom. The number of hydrogen-bond acceptors (Lipinski definition) is 3. The van der Waals surface area contributed by atoms with Gasteiger partial charge in [0.15, 0.2) is 0 Å². The molecule has 0 spiro atoms. The molecule has 0 atom stereocenters. The normalized spacial score (nSPS) is 10.7. The van der Waals surface area contributed by atoms with E-state index in [2.05, 4.69) is 5.32 Å². The number of rotatable bonds is 7. The summed E-state index contributed by atoms with van der Waals surface area (Å²) in [5, 5.41) is 2.91. The predicted octanol–water partition coefficient (Wildman–Crippen LogP) is 4.57. The zero-order valence-corrected chi connectivity index (χ0v) is 14.8. The molecule has 4 heteroatoms. The van der Waals surface area contributed by atoms with E-state index in [0.717, 1.165) is 22.6 Å². The second-order valence-electron chi connectivity index (χ2n) is 5.94. The lowest BCUT2D eigenvalue weighted by Gasteiger charge is -2.14. The molecule has 0 aromatic heterocycles. The van der Waals surface area contributed by atoms with E-state index in [1.807, 2.05) is 64.1 Å². The molecule has 0 aliphatic heterocycles. The number of benzene rings is 2. The van der Waals surface area contributed by atoms with E-state index >= 15 is 0 Å². The first-order chi connectivity index (χ1) is 11.5. The molecule has 0 radical (unpaired) electrons. The maximum atomic E-state index is 12.5. The van der Waals surface area contributed by atoms with Crippen LogP contribution in [0.2, 0.25) is 0 Å². The Bertz CT molecular complexity index is 678. The Kier molecular flexibility index (Phi) is 6.38. The Hall–Kier alpha value is -2.33. The molecule has 0 saturated heterocycles. The summed E-state index contributed by atoms with van der Waals surface area (Å²) >= 11 is 0. The molecule has 128 valence electrons. The fourth-order valence-electron chi connectivity index (χ4n) is 2.23. The summed E-state index contributed by atoms with van der Waals surface area (Å²) in [7, 11) is 0. The molecule has 2 aromatic rings. The first-order valence-corrected chi connectivity index (χ1v) is 8.25. The number of aryl methyl sites for hydroxylation is 1. The molecule has 1 amide bonds. The minimum Gasteiger partial charge on any atom is -0.494 e. The van der Waals surface area contributed by atoms with Crippen LogP contribution in [-0.2, 0) is 11.3 Å². The summed E-state index contributed by atoms with van der Waals surface area (Å²) in [5.74, 6) is 0.609. The molecule has 0 saturated carbocycles. The van der Waals surface area contributed by atoms with Crippen LogP contribution in [0.15, 0.2) is 42.5 Å². The molecule has 0 unspecified atom stereocenters. The third kappa shape index (κ3) is 5.10. The Morgan fingerprint density at radius 2 is 1.83 bits per heavy atom. The molecule has 0 fully saturated rings. The van der Waals surface area contributed by atoms with Crippen LogP contribution in [0.25, 0.3) is 0 Å². The highest BCUT2D eigenvalue weighted by Gasteiger charge is 2.12. The number of nitrogens with one attached hydrogen (secondary N) is 1. The van der Waals surface area contributed by atoms with E-state index in [-0.39, 0.29) is 12.0 Å². The van der Waals surface area contributed by atoms with Gasteiger partial charge in [0, 0.05) is 16.8 Å². The lowest BCUT2D eigenvalue weighted by atomic mass is 10.1. The monoisotopic (exact) mass is 327 g/mol. The molecule has 4 nitrogen and oxygen atoms in total. The Morgan fingerprint density at radius 1 is 1.12 bits per heavy atom. The highest BCUT2D eigenvalue weighted by atomic mass is 16.5. The second-order valence-corrected chi connectivity index (χ2v) is 5.94. The summed E-state index contributed by atoms with van der Waals surface area (Å²) < 4.78 is 11.3. The van der Waals surface area contributed by atoms with Gasteiger partial charge in [0.1, 0.15) is 5.75 Å². The zero-order valence-electron chi connectivity index (χ0n) is 14.8. The average molecular weight is 327 g/mol. The van der Waals surface area contributed by atoms with Gasteiger partial charge in [0.2, 0.25) is 0 Å². The van der Waals surface area contributed by atoms with Crippen LogP contribution in [-0.4, -0.2) is 18.6 Å². The number of carbonyl (C=O) groups is 1. The molecule has 2 aromatic carbocycles. The van der Waals surface area contributed by atoms with Crippen molar-refractivity contribution < 1.29 is 14.3 Å². The Labute approximate surface area is 143 Å². The predicted molar refractivity (Wildman–Crippen MR) is 96.7 cm³/mol. The maximum absolute atomic E-state index is 12.5. The minimum absolute atomic E-state index is 0.115. The standard InChI is InChI=1S/C20H25NO3/c1-5-23-19-11-8-16(12-17(19)13-24-14(2)3)20(22)21-18-9-6-15(4)7-10-18/h6-12,14H,5,13H2,1-4H3,(H,21,22). The lowest BCUT2D eigenvalue weighted by Crippen LogP contribution is -2.13. The van der Waals surface area contributed by atoms with Gasteiger partial charge >= 0.3 is 0 Å². The van der Waals surface area contributed by atoms with Crippen molar-refractivity contribution in [3.8, 4) is 5.75 Å². The molecule has 2 rings (SSSR count). The SMILES string of the molecule is CCOc1ccc(C(=O)Nc2ccc(C)cc2)cc1COC(C)C. The molecule has 0 heterocycles. The van der Waals surface area contributed by atoms with Crippen LogP contribution >= 0.6 is 0 Å². The second kappa shape index (κ2) is 8.50. The van der Waals surface area contributed by atoms with Gasteiger partial charge < -0.3 is 14.8 Å². The summed E-state index contributed by atoms with van der Waals surface area (Å²) in [6.45, 7) is 8.90. The van der Waals surface area contributed by atoms with Crippen LogP contribution in [0.1, 0.15) is 42.3 Å². The highest BCUT2D eigenvalue weighted by molar-refractivity contribution is 6.04. The first kappa shape index (κ1) is 18.0. The maximum Gasteiger partial charge on any atom is 0.255 e. The van der Waals surface area contributed by atoms with Gasteiger partial charge in [-0.05, 0) is 58.0 Å². The van der Waals surface area contributed by atoms with Gasteiger partial charge in [-0.15, -0.1) is 0 Å². The summed E-state index contributed by atoms with van der Waals surface area (Å²) in [4.78, 5) is 12.5. The smallest absolute Gasteiger partial charge is 0.255 e. The first-order valence-electron chi connectivity index (χ1n) is 8.25. The van der Waals surface area contributed by atoms with Crippen molar-refractivity contribution in [2.24, 2.45) is 0 Å². The van der Waals surface area contributed by atoms with Gasteiger partial charge in [0.05, 0.1) is 19.3 Å². The van der Waals surface area contributed by atoms with Gasteiger partial charge in [-0.2, -0.15) is 0 Å². The number of hydrogen-bond donors (Lipinski definition) is 1. The van der Waals surface area contributed by atoms with E-state index in [4.69, 9.17) is 9.47 Å². The van der Waals surface area contributed by atoms with Crippen LogP contribution in [0, 0.1) is 6.92 Å². The topological polar surface area (TPSA) is 47.6 Å². The van der Waals surface area contributed by atoms with Crippen LogP contribution in [0.5, 0.6) is 5.75 Å². The minimum atomic E-state index is -0.146. The molecular weight excluding hydrogens is 302 g/mol. The lowest BCUT2D eigenvalue weighted by molar-refractivity contribution is 0.0641. The van der Waals surface area contributed by atoms with Crippen LogP contribution in [0.3, 0.4) is 0 Å². The fraction of sp³-hybridized carbons (Fsp3) is 0.350. The third-order valence-corrected chi connectivity index (χ3v) is 3.50. The molecule has 0 aliphatic carbocycles. The molecule has 1 N–H and O–H groups in total. The van der Waals surface area contributed by atoms with E-state index < -0.39 is 0 Å². The molecule has 24 heavy (non-hydrogen) atoms. The van der Waals surface area contributed by atoms with Crippen molar-refractivity contribution in [2.45, 2.75) is 40.4 Å². The van der Waals surface area contributed by atoms with E-state index in [1.54, 1.807) is 6.07 Å².